The van der Waals surface area contributed by atoms with Crippen molar-refractivity contribution in [2.24, 2.45) is 0 Å². The summed E-state index contributed by atoms with van der Waals surface area (Å²) in [6.45, 7) is 4.88. The molecular formula is C32H36N4O3. The third-order valence-corrected chi connectivity index (χ3v) is 7.62. The molecule has 202 valence electrons. The molecule has 2 heterocycles. The third kappa shape index (κ3) is 7.58. The molecule has 0 bridgehead atoms. The van der Waals surface area contributed by atoms with Crippen molar-refractivity contribution >= 4 is 5.91 Å². The molecule has 7 heteroatoms. The molecule has 1 amide bonds. The van der Waals surface area contributed by atoms with Crippen molar-refractivity contribution in [2.75, 3.05) is 13.1 Å². The fourth-order valence-corrected chi connectivity index (χ4v) is 5.29. The number of hydrogen-bond acceptors (Lipinski definition) is 6. The summed E-state index contributed by atoms with van der Waals surface area (Å²) in [6.07, 6.45) is 7.71. The van der Waals surface area contributed by atoms with E-state index in [1.54, 1.807) is 12.1 Å². The minimum absolute atomic E-state index is 0.118. The number of carbonyl (C=O) groups excluding carboxylic acids is 1. The molecule has 0 radical (unpaired) electrons. The predicted molar refractivity (Wildman–Crippen MR) is 150 cm³/mol. The monoisotopic (exact) mass is 524 g/mol. The van der Waals surface area contributed by atoms with E-state index in [4.69, 9.17) is 14.7 Å². The summed E-state index contributed by atoms with van der Waals surface area (Å²) >= 11 is 0. The maximum atomic E-state index is 12.8. The van der Waals surface area contributed by atoms with Gasteiger partial charge in [0, 0.05) is 31.9 Å². The van der Waals surface area contributed by atoms with Crippen LogP contribution in [0.15, 0.2) is 66.9 Å². The molecule has 5 rings (SSSR count). The van der Waals surface area contributed by atoms with Crippen LogP contribution >= 0.6 is 0 Å². The van der Waals surface area contributed by atoms with E-state index < -0.39 is 0 Å². The zero-order chi connectivity index (χ0) is 27.0. The Morgan fingerprint density at radius 3 is 2.10 bits per heavy atom. The molecule has 2 aliphatic rings. The fraction of sp³-hybridized carbons (Fsp3) is 0.406. The second kappa shape index (κ2) is 12.8. The number of rotatable bonds is 8. The summed E-state index contributed by atoms with van der Waals surface area (Å²) in [5.41, 5.74) is 3.44. The van der Waals surface area contributed by atoms with Crippen molar-refractivity contribution in [1.29, 1.82) is 5.26 Å². The van der Waals surface area contributed by atoms with Crippen LogP contribution in [-0.2, 0) is 6.54 Å². The molecule has 1 aromatic heterocycles. The Labute approximate surface area is 230 Å². The number of hydrogen-bond donors (Lipinski definition) is 1. The summed E-state index contributed by atoms with van der Waals surface area (Å²) < 4.78 is 12.2. The maximum absolute atomic E-state index is 12.8. The Hall–Kier alpha value is -3.89. The molecule has 0 unspecified atom stereocenters. The molecule has 2 aromatic carbocycles. The van der Waals surface area contributed by atoms with Gasteiger partial charge < -0.3 is 14.8 Å². The lowest BCUT2D eigenvalue weighted by atomic mass is 9.92. The molecule has 1 aliphatic heterocycles. The molecule has 1 N–H and O–H groups in total. The Bertz CT molecular complexity index is 1250. The van der Waals surface area contributed by atoms with Gasteiger partial charge in [-0.25, -0.2) is 0 Å². The van der Waals surface area contributed by atoms with Crippen LogP contribution in [0.2, 0.25) is 0 Å². The Balaban J connectivity index is 1.02. The van der Waals surface area contributed by atoms with Gasteiger partial charge in [-0.15, -0.1) is 0 Å². The number of aryl methyl sites for hydroxylation is 1. The SMILES string of the molecule is Cc1ccc(OC2CCN(Cc3ccc(C(=O)N[C@H]4CC[C@H](Oc5ccc(C#N)cc5)CC4)nc3)CC2)cc1. The van der Waals surface area contributed by atoms with E-state index in [2.05, 4.69) is 40.3 Å². The van der Waals surface area contributed by atoms with E-state index in [1.165, 1.54) is 5.56 Å². The highest BCUT2D eigenvalue weighted by atomic mass is 16.5. The number of nitrogens with zero attached hydrogens (tertiary/aromatic N) is 3. The molecular weight excluding hydrogens is 488 g/mol. The van der Waals surface area contributed by atoms with Crippen LogP contribution in [0.25, 0.3) is 0 Å². The first-order valence-corrected chi connectivity index (χ1v) is 13.9. The first kappa shape index (κ1) is 26.7. The van der Waals surface area contributed by atoms with Gasteiger partial charge in [0.1, 0.15) is 23.3 Å². The number of benzene rings is 2. The van der Waals surface area contributed by atoms with E-state index in [-0.39, 0.29) is 24.2 Å². The maximum Gasteiger partial charge on any atom is 0.270 e. The van der Waals surface area contributed by atoms with Gasteiger partial charge in [0.2, 0.25) is 0 Å². The molecule has 7 nitrogen and oxygen atoms in total. The summed E-state index contributed by atoms with van der Waals surface area (Å²) in [6, 6.07) is 21.6. The number of nitriles is 1. The van der Waals surface area contributed by atoms with Gasteiger partial charge in [-0.05, 0) is 93.5 Å². The van der Waals surface area contributed by atoms with Crippen LogP contribution in [0.1, 0.15) is 65.7 Å². The molecule has 1 aliphatic carbocycles. The van der Waals surface area contributed by atoms with Crippen LogP contribution in [0.4, 0.5) is 0 Å². The molecule has 1 saturated heterocycles. The van der Waals surface area contributed by atoms with Crippen LogP contribution in [0, 0.1) is 18.3 Å². The Morgan fingerprint density at radius 1 is 0.897 bits per heavy atom. The summed E-state index contributed by atoms with van der Waals surface area (Å²) in [7, 11) is 0. The molecule has 1 saturated carbocycles. The number of piperidine rings is 1. The number of aromatic nitrogens is 1. The van der Waals surface area contributed by atoms with Crippen LogP contribution in [0.5, 0.6) is 11.5 Å². The lowest BCUT2D eigenvalue weighted by Gasteiger charge is -2.32. The first-order valence-electron chi connectivity index (χ1n) is 13.9. The Kier molecular flexibility index (Phi) is 8.75. The smallest absolute Gasteiger partial charge is 0.270 e. The Morgan fingerprint density at radius 2 is 1.51 bits per heavy atom. The highest BCUT2D eigenvalue weighted by Crippen LogP contribution is 2.25. The van der Waals surface area contributed by atoms with Gasteiger partial charge in [0.15, 0.2) is 0 Å². The van der Waals surface area contributed by atoms with E-state index in [0.717, 1.165) is 75.2 Å². The van der Waals surface area contributed by atoms with Crippen LogP contribution in [-0.4, -0.2) is 47.1 Å². The summed E-state index contributed by atoms with van der Waals surface area (Å²) in [4.78, 5) is 19.7. The van der Waals surface area contributed by atoms with E-state index in [9.17, 15) is 4.79 Å². The first-order chi connectivity index (χ1) is 19.0. The summed E-state index contributed by atoms with van der Waals surface area (Å²) in [5, 5.41) is 12.1. The number of likely N-dealkylation sites (tertiary alicyclic amines) is 1. The predicted octanol–water partition coefficient (Wildman–Crippen LogP) is 5.43. The second-order valence-electron chi connectivity index (χ2n) is 10.7. The number of pyridine rings is 1. The minimum atomic E-state index is -0.118. The van der Waals surface area contributed by atoms with Crippen molar-refractivity contribution < 1.29 is 14.3 Å². The fourth-order valence-electron chi connectivity index (χ4n) is 5.29. The number of nitrogens with one attached hydrogen (secondary N) is 1. The lowest BCUT2D eigenvalue weighted by Crippen LogP contribution is -2.40. The second-order valence-corrected chi connectivity index (χ2v) is 10.7. The molecule has 2 fully saturated rings. The third-order valence-electron chi connectivity index (χ3n) is 7.62. The van der Waals surface area contributed by atoms with Crippen LogP contribution in [0.3, 0.4) is 0 Å². The van der Waals surface area contributed by atoms with Gasteiger partial charge >= 0.3 is 0 Å². The zero-order valence-electron chi connectivity index (χ0n) is 22.5. The van der Waals surface area contributed by atoms with Gasteiger partial charge in [-0.1, -0.05) is 23.8 Å². The van der Waals surface area contributed by atoms with Gasteiger partial charge in [0.25, 0.3) is 5.91 Å². The normalized spacial score (nSPS) is 20.1. The zero-order valence-corrected chi connectivity index (χ0v) is 22.5. The van der Waals surface area contributed by atoms with Gasteiger partial charge in [-0.2, -0.15) is 5.26 Å². The topological polar surface area (TPSA) is 87.5 Å². The average molecular weight is 525 g/mol. The molecule has 39 heavy (non-hydrogen) atoms. The molecule has 0 atom stereocenters. The quantitative estimate of drug-likeness (QED) is 0.423. The highest BCUT2D eigenvalue weighted by Gasteiger charge is 2.25. The van der Waals surface area contributed by atoms with Crippen molar-refractivity contribution in [2.45, 2.75) is 70.2 Å². The van der Waals surface area contributed by atoms with Crippen molar-refractivity contribution in [3.63, 3.8) is 0 Å². The molecule has 0 spiro atoms. The van der Waals surface area contributed by atoms with Crippen molar-refractivity contribution in [3.8, 4) is 17.6 Å². The van der Waals surface area contributed by atoms with E-state index in [0.29, 0.717) is 11.3 Å². The van der Waals surface area contributed by atoms with Crippen molar-refractivity contribution in [3.05, 3.63) is 89.2 Å². The van der Waals surface area contributed by atoms with Gasteiger partial charge in [-0.3, -0.25) is 14.7 Å². The molecule has 3 aromatic rings. The average Bonchev–Trinajstić information content (AvgIpc) is 2.97. The van der Waals surface area contributed by atoms with E-state index >= 15 is 0 Å². The number of ether oxygens (including phenoxy) is 2. The largest absolute Gasteiger partial charge is 0.490 e. The number of amides is 1. The lowest BCUT2D eigenvalue weighted by molar-refractivity contribution is 0.0888. The summed E-state index contributed by atoms with van der Waals surface area (Å²) in [5.74, 6) is 1.61. The van der Waals surface area contributed by atoms with Crippen molar-refractivity contribution in [1.82, 2.24) is 15.2 Å². The van der Waals surface area contributed by atoms with E-state index in [1.807, 2.05) is 42.6 Å². The number of carbonyl (C=O) groups is 1. The van der Waals surface area contributed by atoms with Crippen LogP contribution < -0.4 is 14.8 Å². The highest BCUT2D eigenvalue weighted by molar-refractivity contribution is 5.92. The standard InChI is InChI=1S/C32H36N4O3/c1-23-2-9-27(10-3-23)39-30-16-18-36(19-17-30)22-25-6-15-31(34-21-25)32(37)35-26-7-13-29(14-8-26)38-28-11-4-24(20-33)5-12-28/h2-6,9-12,15,21,26,29-30H,7-8,13-14,16-19,22H2,1H3,(H,35,37)/t26-,29-. The minimum Gasteiger partial charge on any atom is -0.490 e. The van der Waals surface area contributed by atoms with Gasteiger partial charge in [0.05, 0.1) is 17.7 Å².